The number of benzene rings is 1. The molecule has 2 heterocycles. The Balaban J connectivity index is 2.30. The smallest absolute Gasteiger partial charge is 0.259 e. The normalized spacial score (nSPS) is 12.2. The third-order valence-electron chi connectivity index (χ3n) is 3.81. The van der Waals surface area contributed by atoms with Gasteiger partial charge in [-0.1, -0.05) is 41.1 Å². The molecular formula is C19H16ClFIN3O. The number of H-pyrrole nitrogens is 1. The van der Waals surface area contributed by atoms with Gasteiger partial charge in [0.2, 0.25) is 0 Å². The third-order valence-corrected chi connectivity index (χ3v) is 4.49. The van der Waals surface area contributed by atoms with Gasteiger partial charge in [0, 0.05) is 38.4 Å². The lowest BCUT2D eigenvalue weighted by molar-refractivity contribution is 0.631. The molecule has 1 N–H and O–H groups in total. The van der Waals surface area contributed by atoms with Gasteiger partial charge in [-0.25, -0.2) is 9.37 Å². The molecule has 0 aliphatic heterocycles. The van der Waals surface area contributed by atoms with E-state index in [0.29, 0.717) is 21.9 Å². The fourth-order valence-electron chi connectivity index (χ4n) is 2.73. The van der Waals surface area contributed by atoms with Gasteiger partial charge in [-0.15, -0.1) is 0 Å². The van der Waals surface area contributed by atoms with Crippen molar-refractivity contribution in [1.82, 2.24) is 15.0 Å². The molecule has 0 saturated heterocycles. The highest BCUT2D eigenvalue weighted by Gasteiger charge is 2.19. The van der Waals surface area contributed by atoms with Gasteiger partial charge in [0.1, 0.15) is 11.6 Å². The number of nitrogens with one attached hydrogen (secondary N) is 1. The Labute approximate surface area is 169 Å². The maximum absolute atomic E-state index is 14.5. The Morgan fingerprint density at radius 3 is 2.73 bits per heavy atom. The number of halogens is 3. The van der Waals surface area contributed by atoms with Gasteiger partial charge in [0.05, 0.1) is 11.3 Å². The van der Waals surface area contributed by atoms with Crippen LogP contribution in [0.15, 0.2) is 41.3 Å². The number of hydrogen-bond donors (Lipinski definition) is 1. The van der Waals surface area contributed by atoms with E-state index in [0.717, 1.165) is 11.3 Å². The predicted molar refractivity (Wildman–Crippen MR) is 110 cm³/mol. The highest BCUT2D eigenvalue weighted by Crippen LogP contribution is 2.31. The zero-order valence-electron chi connectivity index (χ0n) is 14.2. The second kappa shape index (κ2) is 7.84. The molecule has 0 amide bonds. The summed E-state index contributed by atoms with van der Waals surface area (Å²) in [5.74, 6) is 0.00586. The molecule has 7 heteroatoms. The molecule has 134 valence electrons. The first kappa shape index (κ1) is 19.0. The molecule has 0 aliphatic carbocycles. The average molecular weight is 484 g/mol. The monoisotopic (exact) mass is 483 g/mol. The minimum Gasteiger partial charge on any atom is -0.310 e. The van der Waals surface area contributed by atoms with Crippen molar-refractivity contribution in [1.29, 1.82) is 0 Å². The third kappa shape index (κ3) is 4.12. The van der Waals surface area contributed by atoms with E-state index in [4.69, 9.17) is 11.6 Å². The van der Waals surface area contributed by atoms with Crippen LogP contribution in [0.1, 0.15) is 18.4 Å². The van der Waals surface area contributed by atoms with Gasteiger partial charge in [0.25, 0.3) is 5.56 Å². The minimum absolute atomic E-state index is 0.168. The quantitative estimate of drug-likeness (QED) is 0.421. The number of alkyl halides is 1. The first-order valence-electron chi connectivity index (χ1n) is 8.01. The molecule has 0 bridgehead atoms. The van der Waals surface area contributed by atoms with E-state index < -0.39 is 5.82 Å². The zero-order chi connectivity index (χ0) is 18.8. The van der Waals surface area contributed by atoms with Crippen LogP contribution in [0.2, 0.25) is 5.02 Å². The summed E-state index contributed by atoms with van der Waals surface area (Å²) >= 11 is 8.13. The minimum atomic E-state index is -0.563. The van der Waals surface area contributed by atoms with E-state index in [1.54, 1.807) is 18.3 Å². The second-order valence-corrected chi connectivity index (χ2v) is 8.59. The van der Waals surface area contributed by atoms with Gasteiger partial charge in [0.15, 0.2) is 0 Å². The maximum atomic E-state index is 14.5. The molecule has 4 nitrogen and oxygen atoms in total. The molecule has 0 fully saturated rings. The fourth-order valence-corrected chi connectivity index (χ4v) is 3.30. The van der Waals surface area contributed by atoms with E-state index in [1.807, 2.05) is 19.9 Å². The van der Waals surface area contributed by atoms with Crippen molar-refractivity contribution in [2.75, 3.05) is 0 Å². The van der Waals surface area contributed by atoms with Crippen LogP contribution in [-0.2, 0) is 6.42 Å². The average Bonchev–Trinajstić information content (AvgIpc) is 2.55. The number of hydrogen-bond acceptors (Lipinski definition) is 3. The van der Waals surface area contributed by atoms with Crippen LogP contribution < -0.4 is 5.56 Å². The zero-order valence-corrected chi connectivity index (χ0v) is 17.1. The molecule has 0 aliphatic rings. The molecule has 0 saturated carbocycles. The molecule has 2 aromatic heterocycles. The number of aryl methyl sites for hydroxylation is 1. The Kier molecular flexibility index (Phi) is 5.72. The van der Waals surface area contributed by atoms with Gasteiger partial charge in [-0.05, 0) is 37.3 Å². The Bertz CT molecular complexity index is 1020. The number of pyridine rings is 1. The molecule has 3 aromatic rings. The van der Waals surface area contributed by atoms with E-state index in [9.17, 15) is 9.18 Å². The summed E-state index contributed by atoms with van der Waals surface area (Å²) in [6.45, 7) is 3.89. The van der Waals surface area contributed by atoms with Crippen LogP contribution in [0.4, 0.5) is 4.39 Å². The standard InChI is InChI=1S/C19H16ClFIN3O/c1-10(22)7-16-24-18(12-5-6-23-11(2)8-12)17(19(26)25-16)14-4-3-13(20)9-15(14)21/h3-6,8-10H,7H2,1-2H3,(H,24,25,26). The Hall–Kier alpha value is -1.80. The number of nitrogens with zero attached hydrogens (tertiary/aromatic N) is 2. The highest BCUT2D eigenvalue weighted by atomic mass is 127. The molecule has 0 radical (unpaired) electrons. The van der Waals surface area contributed by atoms with E-state index in [-0.39, 0.29) is 21.7 Å². The van der Waals surface area contributed by atoms with E-state index in [1.165, 1.54) is 12.1 Å². The summed E-state index contributed by atoms with van der Waals surface area (Å²) in [4.78, 5) is 24.4. The van der Waals surface area contributed by atoms with Crippen LogP contribution in [0.3, 0.4) is 0 Å². The SMILES string of the molecule is Cc1cc(-c2nc(CC(C)I)[nH]c(=O)c2-c2ccc(Cl)cc2F)ccn1. The van der Waals surface area contributed by atoms with E-state index in [2.05, 4.69) is 37.5 Å². The van der Waals surface area contributed by atoms with Crippen LogP contribution in [-0.4, -0.2) is 18.9 Å². The summed E-state index contributed by atoms with van der Waals surface area (Å²) in [5, 5.41) is 0.271. The first-order chi connectivity index (χ1) is 12.3. The van der Waals surface area contributed by atoms with Crippen LogP contribution in [0.5, 0.6) is 0 Å². The number of aromatic nitrogens is 3. The maximum Gasteiger partial charge on any atom is 0.259 e. The highest BCUT2D eigenvalue weighted by molar-refractivity contribution is 14.1. The Morgan fingerprint density at radius 1 is 1.31 bits per heavy atom. The van der Waals surface area contributed by atoms with Crippen LogP contribution in [0, 0.1) is 12.7 Å². The van der Waals surface area contributed by atoms with Gasteiger partial charge < -0.3 is 4.98 Å². The molecule has 26 heavy (non-hydrogen) atoms. The Morgan fingerprint density at radius 2 is 2.08 bits per heavy atom. The molecule has 1 atom stereocenters. The number of rotatable bonds is 4. The van der Waals surface area contributed by atoms with Crippen molar-refractivity contribution in [2.45, 2.75) is 24.2 Å². The summed E-state index contributed by atoms with van der Waals surface area (Å²) in [6.07, 6.45) is 2.26. The van der Waals surface area contributed by atoms with Crippen molar-refractivity contribution < 1.29 is 4.39 Å². The molecule has 1 unspecified atom stereocenters. The van der Waals surface area contributed by atoms with Crippen LogP contribution >= 0.6 is 34.2 Å². The van der Waals surface area contributed by atoms with Gasteiger partial charge in [-0.2, -0.15) is 0 Å². The van der Waals surface area contributed by atoms with Crippen molar-refractivity contribution in [3.63, 3.8) is 0 Å². The summed E-state index contributed by atoms with van der Waals surface area (Å²) in [7, 11) is 0. The largest absolute Gasteiger partial charge is 0.310 e. The summed E-state index contributed by atoms with van der Waals surface area (Å²) in [6, 6.07) is 7.85. The van der Waals surface area contributed by atoms with Crippen molar-refractivity contribution >= 4 is 34.2 Å². The second-order valence-electron chi connectivity index (χ2n) is 6.03. The lowest BCUT2D eigenvalue weighted by Crippen LogP contribution is -2.18. The van der Waals surface area contributed by atoms with Crippen molar-refractivity contribution in [3.05, 3.63) is 69.2 Å². The van der Waals surface area contributed by atoms with E-state index >= 15 is 0 Å². The lowest BCUT2D eigenvalue weighted by Gasteiger charge is -2.13. The molecule has 0 spiro atoms. The van der Waals surface area contributed by atoms with Crippen molar-refractivity contribution in [2.24, 2.45) is 0 Å². The molecule has 1 aromatic carbocycles. The first-order valence-corrected chi connectivity index (χ1v) is 9.63. The molecule has 3 rings (SSSR count). The van der Waals surface area contributed by atoms with Gasteiger partial charge in [-0.3, -0.25) is 9.78 Å². The topological polar surface area (TPSA) is 58.6 Å². The lowest BCUT2D eigenvalue weighted by atomic mass is 10.00. The molecular weight excluding hydrogens is 468 g/mol. The predicted octanol–water partition coefficient (Wildman–Crippen LogP) is 4.97. The van der Waals surface area contributed by atoms with Gasteiger partial charge >= 0.3 is 0 Å². The van der Waals surface area contributed by atoms with Crippen molar-refractivity contribution in [3.8, 4) is 22.4 Å². The fraction of sp³-hybridized carbons (Fsp3) is 0.211. The number of aromatic amines is 1. The van der Waals surface area contributed by atoms with Crippen LogP contribution in [0.25, 0.3) is 22.4 Å². The summed E-state index contributed by atoms with van der Waals surface area (Å²) < 4.78 is 14.8. The summed E-state index contributed by atoms with van der Waals surface area (Å²) in [5.41, 5.74) is 1.92.